The van der Waals surface area contributed by atoms with Crippen molar-refractivity contribution in [1.29, 1.82) is 0 Å². The molecule has 0 radical (unpaired) electrons. The van der Waals surface area contributed by atoms with Gasteiger partial charge in [-0.05, 0) is 43.9 Å². The zero-order valence-corrected chi connectivity index (χ0v) is 16.8. The van der Waals surface area contributed by atoms with Crippen LogP contribution in [0.2, 0.25) is 0 Å². The van der Waals surface area contributed by atoms with Crippen LogP contribution in [0.3, 0.4) is 0 Å². The molecule has 0 aromatic heterocycles. The predicted molar refractivity (Wildman–Crippen MR) is 107 cm³/mol. The van der Waals surface area contributed by atoms with Crippen LogP contribution in [0.25, 0.3) is 0 Å². The Hall–Kier alpha value is -1.38. The summed E-state index contributed by atoms with van der Waals surface area (Å²) in [6, 6.07) is 5.76. The lowest BCUT2D eigenvalue weighted by Gasteiger charge is -2.31. The first-order chi connectivity index (χ1) is 13.5. The van der Waals surface area contributed by atoms with Gasteiger partial charge in [-0.15, -0.1) is 0 Å². The third-order valence-corrected chi connectivity index (χ3v) is 5.68. The lowest BCUT2D eigenvalue weighted by Crippen LogP contribution is -2.41. The van der Waals surface area contributed by atoms with Crippen molar-refractivity contribution in [3.05, 3.63) is 23.8 Å². The molecule has 28 heavy (non-hydrogen) atoms. The highest BCUT2D eigenvalue weighted by atomic mass is 16.5. The number of aliphatic hydroxyl groups excluding tert-OH is 3. The van der Waals surface area contributed by atoms with Gasteiger partial charge in [0.05, 0.1) is 19.3 Å². The molecule has 0 spiro atoms. The van der Waals surface area contributed by atoms with E-state index in [0.29, 0.717) is 6.54 Å². The molecule has 7 nitrogen and oxygen atoms in total. The van der Waals surface area contributed by atoms with Gasteiger partial charge >= 0.3 is 0 Å². The number of hydrogen-bond donors (Lipinski definition) is 3. The minimum Gasteiger partial charge on any atom is -0.497 e. The van der Waals surface area contributed by atoms with Crippen LogP contribution in [0.5, 0.6) is 11.5 Å². The maximum absolute atomic E-state index is 10.4. The second-order valence-electron chi connectivity index (χ2n) is 7.98. The average Bonchev–Trinajstić information content (AvgIpc) is 2.70. The van der Waals surface area contributed by atoms with E-state index in [1.54, 1.807) is 7.11 Å². The molecule has 0 aliphatic carbocycles. The van der Waals surface area contributed by atoms with Gasteiger partial charge in [0.2, 0.25) is 0 Å². The topological polar surface area (TPSA) is 85.6 Å². The molecule has 0 bridgehead atoms. The number of likely N-dealkylation sites (tertiary alicyclic amines) is 2. The summed E-state index contributed by atoms with van der Waals surface area (Å²) in [7, 11) is 1.65. The van der Waals surface area contributed by atoms with E-state index in [1.165, 1.54) is 0 Å². The van der Waals surface area contributed by atoms with Gasteiger partial charge in [0.1, 0.15) is 24.2 Å². The van der Waals surface area contributed by atoms with E-state index in [0.717, 1.165) is 75.5 Å². The third kappa shape index (κ3) is 6.32. The van der Waals surface area contributed by atoms with Crippen LogP contribution in [0.15, 0.2) is 18.2 Å². The quantitative estimate of drug-likeness (QED) is 0.603. The standard InChI is InChI=1S/C21H34N2O5/c1-27-20-2-3-21(16(12-20)13-22-8-4-17(24)5-9-22)28-15-19(26)14-23-10-6-18(25)7-11-23/h2-3,12,17-19,24-26H,4-11,13-15H2,1H3/t19-/m0/s1. The van der Waals surface area contributed by atoms with Gasteiger partial charge in [0.25, 0.3) is 0 Å². The summed E-state index contributed by atoms with van der Waals surface area (Å²) in [4.78, 5) is 4.48. The molecular formula is C21H34N2O5. The summed E-state index contributed by atoms with van der Waals surface area (Å²) < 4.78 is 11.3. The highest BCUT2D eigenvalue weighted by molar-refractivity contribution is 5.40. The van der Waals surface area contributed by atoms with Crippen molar-refractivity contribution >= 4 is 0 Å². The fourth-order valence-corrected chi connectivity index (χ4v) is 3.90. The van der Waals surface area contributed by atoms with Crippen LogP contribution >= 0.6 is 0 Å². The van der Waals surface area contributed by atoms with Crippen molar-refractivity contribution in [2.45, 2.75) is 50.5 Å². The van der Waals surface area contributed by atoms with E-state index < -0.39 is 6.10 Å². The van der Waals surface area contributed by atoms with Gasteiger partial charge in [-0.2, -0.15) is 0 Å². The molecule has 1 aromatic rings. The predicted octanol–water partition coefficient (Wildman–Crippen LogP) is 0.848. The van der Waals surface area contributed by atoms with Gasteiger partial charge in [-0.1, -0.05) is 0 Å². The third-order valence-electron chi connectivity index (χ3n) is 5.68. The van der Waals surface area contributed by atoms with E-state index in [4.69, 9.17) is 9.47 Å². The van der Waals surface area contributed by atoms with Crippen molar-refractivity contribution in [3.63, 3.8) is 0 Å². The number of benzene rings is 1. The van der Waals surface area contributed by atoms with Gasteiger partial charge in [-0.3, -0.25) is 4.90 Å². The number of β-amino-alcohol motifs (C(OH)–C–C–N with tert-alkyl or cyclic N) is 1. The first-order valence-corrected chi connectivity index (χ1v) is 10.3. The zero-order valence-electron chi connectivity index (χ0n) is 16.8. The maximum Gasteiger partial charge on any atom is 0.124 e. The Morgan fingerprint density at radius 2 is 1.61 bits per heavy atom. The van der Waals surface area contributed by atoms with Crippen molar-refractivity contribution < 1.29 is 24.8 Å². The van der Waals surface area contributed by atoms with Crippen LogP contribution in [-0.4, -0.2) is 89.9 Å². The first kappa shape index (κ1) is 21.3. The number of nitrogens with zero attached hydrogens (tertiary/aromatic N) is 2. The Bertz CT molecular complexity index is 598. The molecule has 3 rings (SSSR count). The minimum absolute atomic E-state index is 0.191. The van der Waals surface area contributed by atoms with E-state index in [2.05, 4.69) is 9.80 Å². The molecule has 3 N–H and O–H groups in total. The van der Waals surface area contributed by atoms with Gasteiger partial charge < -0.3 is 29.7 Å². The van der Waals surface area contributed by atoms with Crippen LogP contribution in [0, 0.1) is 0 Å². The first-order valence-electron chi connectivity index (χ1n) is 10.3. The zero-order chi connectivity index (χ0) is 19.9. The Kier molecular flexibility index (Phi) is 7.93. The summed E-state index contributed by atoms with van der Waals surface area (Å²) in [5.41, 5.74) is 1.03. The van der Waals surface area contributed by atoms with E-state index >= 15 is 0 Å². The molecule has 158 valence electrons. The molecule has 1 aromatic carbocycles. The molecule has 0 saturated carbocycles. The summed E-state index contributed by atoms with van der Waals surface area (Å²) in [5, 5.41) is 29.7. The molecule has 0 unspecified atom stereocenters. The van der Waals surface area contributed by atoms with Crippen molar-refractivity contribution in [2.24, 2.45) is 0 Å². The van der Waals surface area contributed by atoms with E-state index in [9.17, 15) is 15.3 Å². The number of aliphatic hydroxyl groups is 3. The van der Waals surface area contributed by atoms with Crippen LogP contribution in [0.1, 0.15) is 31.2 Å². The summed E-state index contributed by atoms with van der Waals surface area (Å²) in [6.45, 7) is 4.88. The largest absolute Gasteiger partial charge is 0.497 e. The fraction of sp³-hybridized carbons (Fsp3) is 0.714. The smallest absolute Gasteiger partial charge is 0.124 e. The van der Waals surface area contributed by atoms with Crippen molar-refractivity contribution in [1.82, 2.24) is 9.80 Å². The SMILES string of the molecule is COc1ccc(OC[C@@H](O)CN2CCC(O)CC2)c(CN2CCC(O)CC2)c1. The lowest BCUT2D eigenvalue weighted by molar-refractivity contribution is 0.0333. The van der Waals surface area contributed by atoms with Gasteiger partial charge in [0, 0.05) is 44.8 Å². The monoisotopic (exact) mass is 394 g/mol. The fourth-order valence-electron chi connectivity index (χ4n) is 3.90. The van der Waals surface area contributed by atoms with Crippen molar-refractivity contribution in [3.8, 4) is 11.5 Å². The van der Waals surface area contributed by atoms with Crippen LogP contribution in [-0.2, 0) is 6.54 Å². The number of ether oxygens (including phenoxy) is 2. The number of hydrogen-bond acceptors (Lipinski definition) is 7. The van der Waals surface area contributed by atoms with Crippen molar-refractivity contribution in [2.75, 3.05) is 46.4 Å². The molecule has 2 aliphatic rings. The molecule has 2 aliphatic heterocycles. The molecule has 2 heterocycles. The summed E-state index contributed by atoms with van der Waals surface area (Å²) in [5.74, 6) is 1.55. The van der Waals surface area contributed by atoms with E-state index in [1.807, 2.05) is 18.2 Å². The Balaban J connectivity index is 1.54. The molecule has 2 saturated heterocycles. The average molecular weight is 395 g/mol. The van der Waals surface area contributed by atoms with Gasteiger partial charge in [-0.25, -0.2) is 0 Å². The van der Waals surface area contributed by atoms with Crippen LogP contribution < -0.4 is 9.47 Å². The molecule has 1 atom stereocenters. The second-order valence-corrected chi connectivity index (χ2v) is 7.98. The normalized spacial score (nSPS) is 21.6. The maximum atomic E-state index is 10.4. The van der Waals surface area contributed by atoms with Crippen LogP contribution in [0.4, 0.5) is 0 Å². The number of piperidine rings is 2. The summed E-state index contributed by atoms with van der Waals surface area (Å²) in [6.07, 6.45) is 2.15. The molecular weight excluding hydrogens is 360 g/mol. The molecule has 2 fully saturated rings. The summed E-state index contributed by atoms with van der Waals surface area (Å²) >= 11 is 0. The highest BCUT2D eigenvalue weighted by Crippen LogP contribution is 2.27. The van der Waals surface area contributed by atoms with E-state index in [-0.39, 0.29) is 18.8 Å². The Labute approximate surface area is 167 Å². The van der Waals surface area contributed by atoms with Gasteiger partial charge in [0.15, 0.2) is 0 Å². The Morgan fingerprint density at radius 3 is 2.21 bits per heavy atom. The highest BCUT2D eigenvalue weighted by Gasteiger charge is 2.21. The number of methoxy groups -OCH3 is 1. The molecule has 7 heteroatoms. The minimum atomic E-state index is -0.574. The second kappa shape index (κ2) is 10.4. The Morgan fingerprint density at radius 1 is 1.00 bits per heavy atom. The molecule has 0 amide bonds. The number of rotatable bonds is 8. The lowest BCUT2D eigenvalue weighted by atomic mass is 10.1.